The maximum absolute atomic E-state index is 11.7. The Bertz CT molecular complexity index is 393. The highest BCUT2D eigenvalue weighted by Gasteiger charge is 2.16. The average Bonchev–Trinajstić information content (AvgIpc) is 3.00. The lowest BCUT2D eigenvalue weighted by atomic mass is 10.3. The Kier molecular flexibility index (Phi) is 3.93. The minimum Gasteiger partial charge on any atom is -0.342 e. The van der Waals surface area contributed by atoms with E-state index in [0.717, 1.165) is 31.5 Å². The van der Waals surface area contributed by atoms with Crippen molar-refractivity contribution in [3.05, 3.63) is 24.5 Å². The summed E-state index contributed by atoms with van der Waals surface area (Å²) in [7, 11) is 0. The molecule has 0 aliphatic carbocycles. The largest absolute Gasteiger partial charge is 0.342 e. The van der Waals surface area contributed by atoms with Gasteiger partial charge in [-0.25, -0.2) is 4.68 Å². The summed E-state index contributed by atoms with van der Waals surface area (Å²) >= 11 is 0. The Labute approximate surface area is 101 Å². The summed E-state index contributed by atoms with van der Waals surface area (Å²) in [6.07, 6.45) is 7.57. The molecule has 0 unspecified atom stereocenters. The number of carbonyl (C=O) groups is 1. The van der Waals surface area contributed by atoms with E-state index < -0.39 is 0 Å². The van der Waals surface area contributed by atoms with Crippen molar-refractivity contribution >= 4 is 12.1 Å². The van der Waals surface area contributed by atoms with Gasteiger partial charge in [-0.05, 0) is 12.8 Å². The van der Waals surface area contributed by atoms with E-state index in [4.69, 9.17) is 0 Å². The average molecular weight is 234 g/mol. The van der Waals surface area contributed by atoms with Gasteiger partial charge in [0.2, 0.25) is 5.91 Å². The van der Waals surface area contributed by atoms with Gasteiger partial charge in [0.25, 0.3) is 0 Å². The molecule has 0 saturated carbocycles. The number of amides is 1. The topological polar surface area (TPSA) is 50.2 Å². The van der Waals surface area contributed by atoms with Gasteiger partial charge >= 0.3 is 0 Å². The lowest BCUT2D eigenvalue weighted by Gasteiger charge is -2.15. The molecule has 1 aromatic rings. The van der Waals surface area contributed by atoms with Crippen LogP contribution in [0, 0.1) is 0 Å². The Hall–Kier alpha value is -1.62. The molecule has 0 radical (unpaired) electrons. The zero-order valence-corrected chi connectivity index (χ0v) is 9.93. The summed E-state index contributed by atoms with van der Waals surface area (Å²) in [6.45, 7) is 6.51. The number of nitrogens with zero attached hydrogens (tertiary/aromatic N) is 3. The first-order valence-electron chi connectivity index (χ1n) is 5.93. The molecule has 0 atom stereocenters. The van der Waals surface area contributed by atoms with Gasteiger partial charge in [0, 0.05) is 37.6 Å². The summed E-state index contributed by atoms with van der Waals surface area (Å²) in [4.78, 5) is 13.6. The molecule has 1 aliphatic heterocycles. The second-order valence-electron chi connectivity index (χ2n) is 4.20. The van der Waals surface area contributed by atoms with Crippen LogP contribution in [0.5, 0.6) is 0 Å². The first kappa shape index (κ1) is 11.9. The highest BCUT2D eigenvalue weighted by atomic mass is 16.2. The molecule has 5 nitrogen and oxygen atoms in total. The van der Waals surface area contributed by atoms with Gasteiger partial charge in [-0.1, -0.05) is 6.58 Å². The van der Waals surface area contributed by atoms with Crippen LogP contribution in [0.3, 0.4) is 0 Å². The third-order valence-corrected chi connectivity index (χ3v) is 2.91. The number of nitrogens with one attached hydrogen (secondary N) is 1. The predicted octanol–water partition coefficient (Wildman–Crippen LogP) is 0.696. The number of carbonyl (C=O) groups excluding carboxylic acids is 1. The molecule has 5 heteroatoms. The van der Waals surface area contributed by atoms with E-state index in [0.29, 0.717) is 13.1 Å². The molecule has 1 aliphatic rings. The number of hydrogen-bond donors (Lipinski definition) is 1. The molecule has 0 spiro atoms. The Morgan fingerprint density at radius 2 is 2.29 bits per heavy atom. The van der Waals surface area contributed by atoms with E-state index in [2.05, 4.69) is 17.0 Å². The van der Waals surface area contributed by atoms with E-state index >= 15 is 0 Å². The minimum absolute atomic E-state index is 0.193. The third-order valence-electron chi connectivity index (χ3n) is 2.91. The third kappa shape index (κ3) is 3.17. The van der Waals surface area contributed by atoms with Gasteiger partial charge in [0.15, 0.2) is 0 Å². The summed E-state index contributed by atoms with van der Waals surface area (Å²) in [5.41, 5.74) is 1.05. The Balaban J connectivity index is 1.71. The van der Waals surface area contributed by atoms with E-state index in [1.54, 1.807) is 17.1 Å². The summed E-state index contributed by atoms with van der Waals surface area (Å²) in [6, 6.07) is 0. The van der Waals surface area contributed by atoms with Crippen LogP contribution in [-0.2, 0) is 11.3 Å². The molecule has 1 saturated heterocycles. The van der Waals surface area contributed by atoms with Crippen LogP contribution in [0.2, 0.25) is 0 Å². The second kappa shape index (κ2) is 5.63. The van der Waals surface area contributed by atoms with Crippen molar-refractivity contribution in [2.45, 2.75) is 19.4 Å². The Morgan fingerprint density at radius 3 is 2.94 bits per heavy atom. The van der Waals surface area contributed by atoms with Crippen LogP contribution in [0.25, 0.3) is 6.20 Å². The normalized spacial score (nSPS) is 15.2. The summed E-state index contributed by atoms with van der Waals surface area (Å²) in [5.74, 6) is 0.193. The summed E-state index contributed by atoms with van der Waals surface area (Å²) < 4.78 is 1.65. The van der Waals surface area contributed by atoms with Gasteiger partial charge in [-0.3, -0.25) is 4.79 Å². The SMILES string of the molecule is C=Cn1cc(CNCC(=O)N2CCCC2)cn1. The second-order valence-corrected chi connectivity index (χ2v) is 4.20. The number of rotatable bonds is 5. The van der Waals surface area contributed by atoms with E-state index in [1.165, 1.54) is 0 Å². The monoisotopic (exact) mass is 234 g/mol. The Morgan fingerprint density at radius 1 is 1.53 bits per heavy atom. The highest BCUT2D eigenvalue weighted by molar-refractivity contribution is 5.78. The van der Waals surface area contributed by atoms with Crippen molar-refractivity contribution < 1.29 is 4.79 Å². The molecule has 1 fully saturated rings. The molecule has 1 aromatic heterocycles. The van der Waals surface area contributed by atoms with Crippen molar-refractivity contribution in [1.29, 1.82) is 0 Å². The van der Waals surface area contributed by atoms with Crippen molar-refractivity contribution in [3.63, 3.8) is 0 Å². The minimum atomic E-state index is 0.193. The van der Waals surface area contributed by atoms with Gasteiger partial charge in [-0.15, -0.1) is 0 Å². The molecule has 17 heavy (non-hydrogen) atoms. The van der Waals surface area contributed by atoms with Crippen LogP contribution in [0.15, 0.2) is 19.0 Å². The standard InChI is InChI=1S/C12H18N4O/c1-2-16-10-11(8-14-16)7-13-9-12(17)15-5-3-4-6-15/h2,8,10,13H,1,3-7,9H2. The maximum atomic E-state index is 11.7. The zero-order chi connectivity index (χ0) is 12.1. The molecule has 0 bridgehead atoms. The van der Waals surface area contributed by atoms with E-state index in [1.807, 2.05) is 11.1 Å². The van der Waals surface area contributed by atoms with Crippen LogP contribution < -0.4 is 5.32 Å². The lowest BCUT2D eigenvalue weighted by Crippen LogP contribution is -2.35. The van der Waals surface area contributed by atoms with Gasteiger partial charge in [-0.2, -0.15) is 5.10 Å². The van der Waals surface area contributed by atoms with E-state index in [-0.39, 0.29) is 5.91 Å². The van der Waals surface area contributed by atoms with Crippen molar-refractivity contribution in [3.8, 4) is 0 Å². The van der Waals surface area contributed by atoms with Crippen LogP contribution >= 0.6 is 0 Å². The number of hydrogen-bond acceptors (Lipinski definition) is 3. The molecule has 1 amide bonds. The van der Waals surface area contributed by atoms with Gasteiger partial charge < -0.3 is 10.2 Å². The van der Waals surface area contributed by atoms with Crippen LogP contribution in [0.4, 0.5) is 0 Å². The highest BCUT2D eigenvalue weighted by Crippen LogP contribution is 2.06. The fourth-order valence-corrected chi connectivity index (χ4v) is 1.96. The maximum Gasteiger partial charge on any atom is 0.236 e. The van der Waals surface area contributed by atoms with Crippen LogP contribution in [-0.4, -0.2) is 40.2 Å². The fourth-order valence-electron chi connectivity index (χ4n) is 1.96. The van der Waals surface area contributed by atoms with Gasteiger partial charge in [0.05, 0.1) is 12.7 Å². The first-order chi connectivity index (χ1) is 8.29. The molecular weight excluding hydrogens is 216 g/mol. The molecule has 0 aromatic carbocycles. The van der Waals surface area contributed by atoms with E-state index in [9.17, 15) is 4.79 Å². The van der Waals surface area contributed by atoms with Crippen molar-refractivity contribution in [2.75, 3.05) is 19.6 Å². The van der Waals surface area contributed by atoms with Crippen molar-refractivity contribution in [2.24, 2.45) is 0 Å². The molecule has 2 heterocycles. The predicted molar refractivity (Wildman–Crippen MR) is 66.1 cm³/mol. The number of aromatic nitrogens is 2. The lowest BCUT2D eigenvalue weighted by molar-refractivity contribution is -0.129. The smallest absolute Gasteiger partial charge is 0.236 e. The molecule has 2 rings (SSSR count). The zero-order valence-electron chi connectivity index (χ0n) is 9.93. The summed E-state index contributed by atoms with van der Waals surface area (Å²) in [5, 5.41) is 7.21. The molecule has 1 N–H and O–H groups in total. The van der Waals surface area contributed by atoms with Crippen LogP contribution in [0.1, 0.15) is 18.4 Å². The number of likely N-dealkylation sites (tertiary alicyclic amines) is 1. The quantitative estimate of drug-likeness (QED) is 0.815. The van der Waals surface area contributed by atoms with Crippen molar-refractivity contribution in [1.82, 2.24) is 20.0 Å². The molecular formula is C12H18N4O. The fraction of sp³-hybridized carbons (Fsp3) is 0.500. The first-order valence-corrected chi connectivity index (χ1v) is 5.93. The molecule has 92 valence electrons. The van der Waals surface area contributed by atoms with Gasteiger partial charge in [0.1, 0.15) is 0 Å².